The van der Waals surface area contributed by atoms with Crippen molar-refractivity contribution in [1.29, 1.82) is 0 Å². The third-order valence-electron chi connectivity index (χ3n) is 4.10. The van der Waals surface area contributed by atoms with Gasteiger partial charge in [-0.1, -0.05) is 13.3 Å². The quantitative estimate of drug-likeness (QED) is 0.790. The summed E-state index contributed by atoms with van der Waals surface area (Å²) < 4.78 is 0. The second-order valence-electron chi connectivity index (χ2n) is 5.27. The number of nitrogens with zero attached hydrogens (tertiary/aromatic N) is 1. The summed E-state index contributed by atoms with van der Waals surface area (Å²) in [6.45, 7) is 2.46. The number of hydrogen-bond acceptors (Lipinski definition) is 4. The molecule has 3 atom stereocenters. The van der Waals surface area contributed by atoms with Crippen LogP contribution in [0.1, 0.15) is 32.6 Å². The number of thioether (sulfide) groups is 1. The van der Waals surface area contributed by atoms with E-state index in [9.17, 15) is 9.59 Å². The standard InChI is InChI=1S/C13H23N3O2S/c1-2-12(17)16-8-19-7-11(16)13(18)15-10-5-3-4-9(10)6-14/h9-11H,2-8,14H2,1H3,(H,15,18). The first-order valence-corrected chi connectivity index (χ1v) is 8.20. The zero-order valence-corrected chi connectivity index (χ0v) is 12.2. The van der Waals surface area contributed by atoms with E-state index in [0.29, 0.717) is 30.5 Å². The molecular weight excluding hydrogens is 262 g/mol. The van der Waals surface area contributed by atoms with Crippen LogP contribution in [0.4, 0.5) is 0 Å². The predicted molar refractivity (Wildman–Crippen MR) is 76.6 cm³/mol. The van der Waals surface area contributed by atoms with Crippen molar-refractivity contribution in [3.63, 3.8) is 0 Å². The molecule has 2 rings (SSSR count). The van der Waals surface area contributed by atoms with Crippen LogP contribution < -0.4 is 11.1 Å². The molecule has 2 amide bonds. The molecule has 0 radical (unpaired) electrons. The Morgan fingerprint density at radius 2 is 2.21 bits per heavy atom. The molecule has 108 valence electrons. The van der Waals surface area contributed by atoms with E-state index >= 15 is 0 Å². The van der Waals surface area contributed by atoms with Crippen molar-refractivity contribution < 1.29 is 9.59 Å². The Labute approximate surface area is 118 Å². The van der Waals surface area contributed by atoms with Gasteiger partial charge in [-0.3, -0.25) is 9.59 Å². The van der Waals surface area contributed by atoms with Gasteiger partial charge >= 0.3 is 0 Å². The fraction of sp³-hybridized carbons (Fsp3) is 0.846. The molecule has 2 fully saturated rings. The molecular formula is C13H23N3O2S. The topological polar surface area (TPSA) is 75.4 Å². The first kappa shape index (κ1) is 14.7. The van der Waals surface area contributed by atoms with Gasteiger partial charge in [-0.05, 0) is 25.3 Å². The lowest BCUT2D eigenvalue weighted by molar-refractivity contribution is -0.138. The highest BCUT2D eigenvalue weighted by molar-refractivity contribution is 7.99. The van der Waals surface area contributed by atoms with Crippen molar-refractivity contribution in [2.24, 2.45) is 11.7 Å². The first-order valence-electron chi connectivity index (χ1n) is 7.05. The second-order valence-corrected chi connectivity index (χ2v) is 6.27. The highest BCUT2D eigenvalue weighted by atomic mass is 32.2. The molecule has 1 aliphatic heterocycles. The van der Waals surface area contributed by atoms with Crippen molar-refractivity contribution in [3.05, 3.63) is 0 Å². The van der Waals surface area contributed by atoms with Gasteiger partial charge in [0.1, 0.15) is 6.04 Å². The monoisotopic (exact) mass is 285 g/mol. The van der Waals surface area contributed by atoms with Gasteiger partial charge in [-0.15, -0.1) is 11.8 Å². The highest BCUT2D eigenvalue weighted by Gasteiger charge is 2.36. The Balaban J connectivity index is 1.93. The van der Waals surface area contributed by atoms with E-state index in [2.05, 4.69) is 5.32 Å². The number of hydrogen-bond donors (Lipinski definition) is 2. The van der Waals surface area contributed by atoms with Crippen molar-refractivity contribution in [2.75, 3.05) is 18.2 Å². The summed E-state index contributed by atoms with van der Waals surface area (Å²) in [6, 6.07) is -0.0989. The summed E-state index contributed by atoms with van der Waals surface area (Å²) in [7, 11) is 0. The van der Waals surface area contributed by atoms with E-state index in [0.717, 1.165) is 19.3 Å². The number of nitrogens with one attached hydrogen (secondary N) is 1. The number of amides is 2. The molecule has 0 spiro atoms. The smallest absolute Gasteiger partial charge is 0.243 e. The lowest BCUT2D eigenvalue weighted by atomic mass is 10.0. The van der Waals surface area contributed by atoms with Crippen LogP contribution in [-0.4, -0.2) is 47.0 Å². The van der Waals surface area contributed by atoms with Crippen LogP contribution in [-0.2, 0) is 9.59 Å². The number of carbonyl (C=O) groups excluding carboxylic acids is 2. The van der Waals surface area contributed by atoms with Gasteiger partial charge in [-0.2, -0.15) is 0 Å². The molecule has 5 nitrogen and oxygen atoms in total. The summed E-state index contributed by atoms with van der Waals surface area (Å²) >= 11 is 1.65. The summed E-state index contributed by atoms with van der Waals surface area (Å²) in [4.78, 5) is 25.8. The molecule has 0 aromatic rings. The maximum atomic E-state index is 12.3. The molecule has 3 N–H and O–H groups in total. The van der Waals surface area contributed by atoms with E-state index in [1.807, 2.05) is 6.92 Å². The Morgan fingerprint density at radius 1 is 1.42 bits per heavy atom. The maximum Gasteiger partial charge on any atom is 0.243 e. The maximum absolute atomic E-state index is 12.3. The Morgan fingerprint density at radius 3 is 2.89 bits per heavy atom. The molecule has 1 aliphatic carbocycles. The summed E-state index contributed by atoms with van der Waals surface area (Å²) in [6.07, 6.45) is 3.69. The SMILES string of the molecule is CCC(=O)N1CSCC1C(=O)NC1CCCC1CN. The van der Waals surface area contributed by atoms with Crippen LogP contribution in [0.25, 0.3) is 0 Å². The van der Waals surface area contributed by atoms with Crippen molar-refractivity contribution in [1.82, 2.24) is 10.2 Å². The minimum atomic E-state index is -0.295. The van der Waals surface area contributed by atoms with Crippen molar-refractivity contribution in [2.45, 2.75) is 44.7 Å². The average molecular weight is 285 g/mol. The first-order chi connectivity index (χ1) is 9.17. The molecule has 0 aromatic carbocycles. The van der Waals surface area contributed by atoms with Crippen LogP contribution in [0, 0.1) is 5.92 Å². The fourth-order valence-corrected chi connectivity index (χ4v) is 4.08. The van der Waals surface area contributed by atoms with Gasteiger partial charge in [-0.25, -0.2) is 0 Å². The Kier molecular flexibility index (Phi) is 5.10. The molecule has 6 heteroatoms. The van der Waals surface area contributed by atoms with Gasteiger partial charge < -0.3 is 16.0 Å². The lowest BCUT2D eigenvalue weighted by Gasteiger charge is -2.26. The van der Waals surface area contributed by atoms with E-state index < -0.39 is 0 Å². The summed E-state index contributed by atoms with van der Waals surface area (Å²) in [5.74, 6) is 1.80. The number of carbonyl (C=O) groups is 2. The van der Waals surface area contributed by atoms with Gasteiger partial charge in [0, 0.05) is 18.2 Å². The second kappa shape index (κ2) is 6.61. The molecule has 1 saturated carbocycles. The lowest BCUT2D eigenvalue weighted by Crippen LogP contribution is -2.51. The van der Waals surface area contributed by atoms with Gasteiger partial charge in [0.2, 0.25) is 11.8 Å². The van der Waals surface area contributed by atoms with Gasteiger partial charge in [0.25, 0.3) is 0 Å². The Bertz CT molecular complexity index is 351. The molecule has 1 saturated heterocycles. The largest absolute Gasteiger partial charge is 0.351 e. The van der Waals surface area contributed by atoms with Crippen molar-refractivity contribution >= 4 is 23.6 Å². The van der Waals surface area contributed by atoms with Gasteiger partial charge in [0.15, 0.2) is 0 Å². The van der Waals surface area contributed by atoms with Crippen LogP contribution >= 0.6 is 11.8 Å². The predicted octanol–water partition coefficient (Wildman–Crippen LogP) is 0.542. The summed E-state index contributed by atoms with van der Waals surface area (Å²) in [5, 5.41) is 3.10. The molecule has 1 heterocycles. The van der Waals surface area contributed by atoms with Crippen LogP contribution in [0.2, 0.25) is 0 Å². The molecule has 19 heavy (non-hydrogen) atoms. The highest BCUT2D eigenvalue weighted by Crippen LogP contribution is 2.26. The molecule has 2 aliphatic rings. The normalized spacial score (nSPS) is 30.6. The van der Waals surface area contributed by atoms with Gasteiger partial charge in [0.05, 0.1) is 5.88 Å². The van der Waals surface area contributed by atoms with E-state index in [1.54, 1.807) is 16.7 Å². The van der Waals surface area contributed by atoms with Crippen LogP contribution in [0.3, 0.4) is 0 Å². The molecule has 3 unspecified atom stereocenters. The minimum Gasteiger partial charge on any atom is -0.351 e. The van der Waals surface area contributed by atoms with Crippen molar-refractivity contribution in [3.8, 4) is 0 Å². The van der Waals surface area contributed by atoms with Crippen LogP contribution in [0.5, 0.6) is 0 Å². The third-order valence-corrected chi connectivity index (χ3v) is 5.11. The minimum absolute atomic E-state index is 0.00264. The molecule has 0 bridgehead atoms. The third kappa shape index (κ3) is 3.23. The fourth-order valence-electron chi connectivity index (χ4n) is 2.90. The average Bonchev–Trinajstić information content (AvgIpc) is 3.05. The van der Waals surface area contributed by atoms with E-state index in [4.69, 9.17) is 5.73 Å². The Hall–Kier alpha value is -0.750. The zero-order chi connectivity index (χ0) is 13.8. The number of rotatable bonds is 4. The van der Waals surface area contributed by atoms with E-state index in [-0.39, 0.29) is 23.9 Å². The number of nitrogens with two attached hydrogens (primary N) is 1. The van der Waals surface area contributed by atoms with E-state index in [1.165, 1.54) is 0 Å². The molecule has 0 aromatic heterocycles. The summed E-state index contributed by atoms with van der Waals surface area (Å²) in [5.41, 5.74) is 5.73. The van der Waals surface area contributed by atoms with Crippen LogP contribution in [0.15, 0.2) is 0 Å². The zero-order valence-electron chi connectivity index (χ0n) is 11.4.